The Morgan fingerprint density at radius 3 is 2.81 bits per heavy atom. The van der Waals surface area contributed by atoms with Crippen molar-refractivity contribution < 1.29 is 0 Å². The van der Waals surface area contributed by atoms with E-state index in [0.717, 1.165) is 17.6 Å². The highest BCUT2D eigenvalue weighted by Gasteiger charge is 2.10. The molecular weight excluding hydrogens is 200 g/mol. The molecule has 1 rings (SSSR count). The van der Waals surface area contributed by atoms with Crippen LogP contribution in [0.2, 0.25) is 0 Å². The molecule has 1 unspecified atom stereocenters. The van der Waals surface area contributed by atoms with Crippen molar-refractivity contribution in [1.82, 2.24) is 4.90 Å². The smallest absolute Gasteiger partial charge is 0.101 e. The van der Waals surface area contributed by atoms with Crippen LogP contribution in [-0.4, -0.2) is 24.1 Å². The zero-order chi connectivity index (χ0) is 12.1. The fourth-order valence-electron chi connectivity index (χ4n) is 1.50. The second-order valence-corrected chi connectivity index (χ2v) is 3.96. The first-order valence-corrected chi connectivity index (χ1v) is 5.21. The largest absolute Gasteiger partial charge is 0.399 e. The van der Waals surface area contributed by atoms with E-state index in [0.29, 0.717) is 12.3 Å². The van der Waals surface area contributed by atoms with E-state index in [1.54, 1.807) is 7.05 Å². The molecule has 4 N–H and O–H groups in total. The zero-order valence-electron chi connectivity index (χ0n) is 9.70. The number of nitrogen functional groups attached to an aromatic ring is 1. The summed E-state index contributed by atoms with van der Waals surface area (Å²) in [5.41, 5.74) is 7.59. The van der Waals surface area contributed by atoms with Crippen LogP contribution in [0.25, 0.3) is 0 Å². The lowest BCUT2D eigenvalue weighted by Crippen LogP contribution is -2.25. The van der Waals surface area contributed by atoms with Gasteiger partial charge in [0.25, 0.3) is 0 Å². The third-order valence-electron chi connectivity index (χ3n) is 2.60. The minimum Gasteiger partial charge on any atom is -0.399 e. The minimum atomic E-state index is 0.235. The van der Waals surface area contributed by atoms with Gasteiger partial charge in [-0.05, 0) is 23.6 Å². The lowest BCUT2D eigenvalue weighted by atomic mass is 9.96. The summed E-state index contributed by atoms with van der Waals surface area (Å²) in [6, 6.07) is 7.72. The predicted octanol–water partition coefficient (Wildman–Crippen LogP) is 2.28. The molecule has 0 aliphatic rings. The molecule has 4 heteroatoms. The number of nitrogens with one attached hydrogen (secondary N) is 2. The summed E-state index contributed by atoms with van der Waals surface area (Å²) in [6.45, 7) is 2.06. The van der Waals surface area contributed by atoms with E-state index in [1.165, 1.54) is 4.90 Å². The summed E-state index contributed by atoms with van der Waals surface area (Å²) in [6.07, 6.45) is 1.75. The molecule has 0 aliphatic carbocycles. The first-order valence-electron chi connectivity index (χ1n) is 5.21. The van der Waals surface area contributed by atoms with E-state index in [4.69, 9.17) is 16.6 Å². The summed E-state index contributed by atoms with van der Waals surface area (Å²) >= 11 is 0. The molecule has 1 aromatic carbocycles. The molecule has 0 radical (unpaired) electrons. The Hall–Kier alpha value is -1.84. The van der Waals surface area contributed by atoms with E-state index in [1.807, 2.05) is 24.3 Å². The fourth-order valence-corrected chi connectivity index (χ4v) is 1.50. The average molecular weight is 218 g/mol. The van der Waals surface area contributed by atoms with E-state index in [-0.39, 0.29) is 5.92 Å². The van der Waals surface area contributed by atoms with Gasteiger partial charge in [0, 0.05) is 19.2 Å². The van der Waals surface area contributed by atoms with Gasteiger partial charge in [-0.25, -0.2) is 0 Å². The molecule has 0 aliphatic heterocycles. The van der Waals surface area contributed by atoms with E-state index in [2.05, 4.69) is 6.92 Å². The van der Waals surface area contributed by atoms with Crippen LogP contribution in [0.4, 0.5) is 5.69 Å². The van der Waals surface area contributed by atoms with E-state index in [9.17, 15) is 0 Å². The van der Waals surface area contributed by atoms with Gasteiger partial charge in [0.15, 0.2) is 0 Å². The average Bonchev–Trinajstić information content (AvgIpc) is 2.27. The normalized spacial score (nSPS) is 11.9. The second-order valence-electron chi connectivity index (χ2n) is 3.96. The van der Waals surface area contributed by atoms with Crippen LogP contribution in [-0.2, 0) is 0 Å². The molecule has 0 aromatic heterocycles. The van der Waals surface area contributed by atoms with Crippen LogP contribution >= 0.6 is 0 Å². The van der Waals surface area contributed by atoms with E-state index >= 15 is 0 Å². The molecule has 1 aromatic rings. The summed E-state index contributed by atoms with van der Waals surface area (Å²) in [5, 5.41) is 14.8. The number of anilines is 1. The van der Waals surface area contributed by atoms with Crippen molar-refractivity contribution in [2.75, 3.05) is 12.8 Å². The van der Waals surface area contributed by atoms with Gasteiger partial charge in [0.2, 0.25) is 0 Å². The highest BCUT2D eigenvalue weighted by molar-refractivity contribution is 5.89. The van der Waals surface area contributed by atoms with Crippen molar-refractivity contribution in [2.45, 2.75) is 19.3 Å². The summed E-state index contributed by atoms with van der Waals surface area (Å²) in [4.78, 5) is 1.50. The monoisotopic (exact) mass is 218 g/mol. The third kappa shape index (κ3) is 3.08. The molecule has 0 fully saturated rings. The van der Waals surface area contributed by atoms with E-state index < -0.39 is 0 Å². The summed E-state index contributed by atoms with van der Waals surface area (Å²) in [7, 11) is 1.71. The highest BCUT2D eigenvalue weighted by Crippen LogP contribution is 2.21. The molecule has 0 amide bonds. The number of benzene rings is 1. The predicted molar refractivity (Wildman–Crippen MR) is 68.2 cm³/mol. The van der Waals surface area contributed by atoms with Crippen LogP contribution < -0.4 is 5.73 Å². The van der Waals surface area contributed by atoms with Crippen LogP contribution in [0, 0.1) is 10.8 Å². The number of nitrogens with two attached hydrogens (primary N) is 1. The maximum atomic E-state index is 7.77. The van der Waals surface area contributed by atoms with Gasteiger partial charge in [-0.1, -0.05) is 19.1 Å². The van der Waals surface area contributed by atoms with Crippen molar-refractivity contribution in [3.8, 4) is 0 Å². The van der Waals surface area contributed by atoms with Gasteiger partial charge < -0.3 is 10.6 Å². The number of amidine groups is 1. The SMILES string of the molecule is CC(CC(=N)N(C)C=N)c1cccc(N)c1. The number of hydrogen-bond donors (Lipinski definition) is 3. The van der Waals surface area contributed by atoms with Gasteiger partial charge >= 0.3 is 0 Å². The Balaban J connectivity index is 2.69. The Morgan fingerprint density at radius 1 is 1.56 bits per heavy atom. The molecule has 4 nitrogen and oxygen atoms in total. The number of rotatable bonds is 4. The third-order valence-corrected chi connectivity index (χ3v) is 2.60. The summed E-state index contributed by atoms with van der Waals surface area (Å²) < 4.78 is 0. The van der Waals surface area contributed by atoms with Crippen LogP contribution in [0.15, 0.2) is 24.3 Å². The maximum Gasteiger partial charge on any atom is 0.101 e. The van der Waals surface area contributed by atoms with Crippen LogP contribution in [0.5, 0.6) is 0 Å². The molecule has 0 spiro atoms. The van der Waals surface area contributed by atoms with Crippen molar-refractivity contribution in [2.24, 2.45) is 0 Å². The Morgan fingerprint density at radius 2 is 2.25 bits per heavy atom. The van der Waals surface area contributed by atoms with Crippen molar-refractivity contribution >= 4 is 17.9 Å². The molecule has 0 bridgehead atoms. The molecule has 0 saturated heterocycles. The minimum absolute atomic E-state index is 0.235. The highest BCUT2D eigenvalue weighted by atomic mass is 15.1. The maximum absolute atomic E-state index is 7.77. The standard InChI is InChI=1S/C12H18N4/c1-9(6-12(15)16(2)8-13)10-4-3-5-11(14)7-10/h3-5,7-9,13,15H,6,14H2,1-2H3. The number of nitrogens with zero attached hydrogens (tertiary/aromatic N) is 1. The van der Waals surface area contributed by atoms with Gasteiger partial charge in [0.1, 0.15) is 5.84 Å². The van der Waals surface area contributed by atoms with Crippen molar-refractivity contribution in [1.29, 1.82) is 10.8 Å². The second kappa shape index (κ2) is 5.30. The molecular formula is C12H18N4. The fraction of sp³-hybridized carbons (Fsp3) is 0.333. The lowest BCUT2D eigenvalue weighted by molar-refractivity contribution is 0.687. The first-order chi connectivity index (χ1) is 7.54. The van der Waals surface area contributed by atoms with Crippen LogP contribution in [0.3, 0.4) is 0 Å². The molecule has 16 heavy (non-hydrogen) atoms. The Kier molecular flexibility index (Phi) is 4.05. The molecule has 0 heterocycles. The first kappa shape index (κ1) is 12.2. The zero-order valence-corrected chi connectivity index (χ0v) is 9.70. The van der Waals surface area contributed by atoms with Gasteiger partial charge in [-0.3, -0.25) is 10.8 Å². The number of hydrogen-bond acceptors (Lipinski definition) is 3. The molecule has 0 saturated carbocycles. The molecule has 1 atom stereocenters. The van der Waals surface area contributed by atoms with Crippen LogP contribution in [0.1, 0.15) is 24.8 Å². The Labute approximate surface area is 96.1 Å². The topological polar surface area (TPSA) is 77.0 Å². The van der Waals surface area contributed by atoms with Crippen molar-refractivity contribution in [3.63, 3.8) is 0 Å². The van der Waals surface area contributed by atoms with Crippen molar-refractivity contribution in [3.05, 3.63) is 29.8 Å². The molecule has 86 valence electrons. The lowest BCUT2D eigenvalue weighted by Gasteiger charge is -2.18. The summed E-state index contributed by atoms with van der Waals surface area (Å²) in [5.74, 6) is 0.670. The van der Waals surface area contributed by atoms with Gasteiger partial charge in [0.05, 0.1) is 6.34 Å². The van der Waals surface area contributed by atoms with Gasteiger partial charge in [-0.15, -0.1) is 0 Å². The quantitative estimate of drug-likeness (QED) is 0.412. The Bertz CT molecular complexity index is 386. The van der Waals surface area contributed by atoms with Gasteiger partial charge in [-0.2, -0.15) is 0 Å².